The molecule has 0 spiro atoms. The smallest absolute Gasteiger partial charge is 0.261 e. The van der Waals surface area contributed by atoms with Crippen LogP contribution in [0.1, 0.15) is 27.4 Å². The van der Waals surface area contributed by atoms with Crippen LogP contribution in [-0.2, 0) is 0 Å². The van der Waals surface area contributed by atoms with Gasteiger partial charge in [0, 0.05) is 18.0 Å². The van der Waals surface area contributed by atoms with Crippen LogP contribution in [0.5, 0.6) is 0 Å². The number of nitrogens with one attached hydrogen (secondary N) is 2. The number of aromatic amines is 1. The van der Waals surface area contributed by atoms with E-state index in [-0.39, 0.29) is 5.91 Å². The number of carbonyl (C=O) groups is 1. The summed E-state index contributed by atoms with van der Waals surface area (Å²) in [6, 6.07) is 0. The highest BCUT2D eigenvalue weighted by atomic mass is 16.3. The van der Waals surface area contributed by atoms with E-state index in [1.807, 2.05) is 13.8 Å². The van der Waals surface area contributed by atoms with Crippen molar-refractivity contribution >= 4 is 11.9 Å². The molecule has 2 aromatic rings. The molecule has 0 saturated carbocycles. The van der Waals surface area contributed by atoms with Crippen LogP contribution in [0.4, 0.5) is 5.95 Å². The number of anilines is 1. The summed E-state index contributed by atoms with van der Waals surface area (Å²) in [4.78, 5) is 18.7. The van der Waals surface area contributed by atoms with Crippen LogP contribution < -0.4 is 5.32 Å². The Morgan fingerprint density at radius 1 is 1.38 bits per heavy atom. The first-order valence-corrected chi connectivity index (χ1v) is 4.97. The van der Waals surface area contributed by atoms with E-state index in [1.54, 1.807) is 19.3 Å². The minimum Gasteiger partial charge on any atom is -0.466 e. The van der Waals surface area contributed by atoms with Gasteiger partial charge in [-0.3, -0.25) is 10.1 Å². The topological polar surface area (TPSA) is 70.9 Å². The lowest BCUT2D eigenvalue weighted by molar-refractivity contribution is 0.102. The Kier molecular flexibility index (Phi) is 2.52. The lowest BCUT2D eigenvalue weighted by Gasteiger charge is -2.01. The molecule has 0 radical (unpaired) electrons. The van der Waals surface area contributed by atoms with Gasteiger partial charge in [0.25, 0.3) is 5.91 Å². The van der Waals surface area contributed by atoms with Crippen LogP contribution >= 0.6 is 0 Å². The predicted molar refractivity (Wildman–Crippen MR) is 59.5 cm³/mol. The number of hydrogen-bond donors (Lipinski definition) is 2. The standard InChI is InChI=1S/C11H13N3O2/c1-6-7(2)16-8(3)9(6)10(15)14-11-12-4-5-13-11/h4-5H,1-3H3,(H2,12,13,14,15). The zero-order valence-corrected chi connectivity index (χ0v) is 9.42. The van der Waals surface area contributed by atoms with Crippen molar-refractivity contribution in [3.8, 4) is 0 Å². The molecule has 1 amide bonds. The zero-order valence-electron chi connectivity index (χ0n) is 9.42. The summed E-state index contributed by atoms with van der Waals surface area (Å²) in [5.74, 6) is 1.62. The van der Waals surface area contributed by atoms with Crippen molar-refractivity contribution in [1.82, 2.24) is 9.97 Å². The van der Waals surface area contributed by atoms with Crippen LogP contribution in [-0.4, -0.2) is 15.9 Å². The highest BCUT2D eigenvalue weighted by Gasteiger charge is 2.18. The average molecular weight is 219 g/mol. The second-order valence-electron chi connectivity index (χ2n) is 3.61. The summed E-state index contributed by atoms with van der Waals surface area (Å²) >= 11 is 0. The second-order valence-corrected chi connectivity index (χ2v) is 3.61. The SMILES string of the molecule is Cc1oc(C)c(C(=O)Nc2ncc[nH]2)c1C. The number of carbonyl (C=O) groups excluding carboxylic acids is 1. The van der Waals surface area contributed by atoms with Gasteiger partial charge in [0.2, 0.25) is 5.95 Å². The van der Waals surface area contributed by atoms with Gasteiger partial charge >= 0.3 is 0 Å². The van der Waals surface area contributed by atoms with Gasteiger partial charge in [0.05, 0.1) is 5.56 Å². The lowest BCUT2D eigenvalue weighted by atomic mass is 10.1. The molecular formula is C11H13N3O2. The number of nitrogens with zero attached hydrogens (tertiary/aromatic N) is 1. The fraction of sp³-hybridized carbons (Fsp3) is 0.273. The maximum absolute atomic E-state index is 11.9. The molecule has 0 fully saturated rings. The molecular weight excluding hydrogens is 206 g/mol. The largest absolute Gasteiger partial charge is 0.466 e. The highest BCUT2D eigenvalue weighted by Crippen LogP contribution is 2.21. The van der Waals surface area contributed by atoms with Crippen molar-refractivity contribution in [2.75, 3.05) is 5.32 Å². The third-order valence-corrected chi connectivity index (χ3v) is 2.52. The molecule has 2 aromatic heterocycles. The second kappa shape index (κ2) is 3.84. The summed E-state index contributed by atoms with van der Waals surface area (Å²) in [5, 5.41) is 2.67. The van der Waals surface area contributed by atoms with Gasteiger partial charge in [-0.15, -0.1) is 0 Å². The van der Waals surface area contributed by atoms with Crippen molar-refractivity contribution in [3.05, 3.63) is 35.0 Å². The highest BCUT2D eigenvalue weighted by molar-refractivity contribution is 6.05. The molecule has 2 N–H and O–H groups in total. The number of rotatable bonds is 2. The van der Waals surface area contributed by atoms with E-state index < -0.39 is 0 Å². The fourth-order valence-corrected chi connectivity index (χ4v) is 1.63. The third kappa shape index (κ3) is 1.71. The fourth-order valence-electron chi connectivity index (χ4n) is 1.63. The summed E-state index contributed by atoms with van der Waals surface area (Å²) in [6.45, 7) is 5.48. The number of H-pyrrole nitrogens is 1. The van der Waals surface area contributed by atoms with E-state index in [2.05, 4.69) is 15.3 Å². The normalized spacial score (nSPS) is 10.4. The van der Waals surface area contributed by atoms with Gasteiger partial charge in [-0.2, -0.15) is 0 Å². The molecule has 0 aliphatic rings. The number of hydrogen-bond acceptors (Lipinski definition) is 3. The molecule has 2 heterocycles. The molecule has 0 unspecified atom stereocenters. The van der Waals surface area contributed by atoms with Gasteiger partial charge in [0.1, 0.15) is 11.5 Å². The van der Waals surface area contributed by atoms with E-state index in [0.29, 0.717) is 17.3 Å². The van der Waals surface area contributed by atoms with Crippen LogP contribution in [0.25, 0.3) is 0 Å². The monoisotopic (exact) mass is 219 g/mol. The number of aryl methyl sites for hydroxylation is 2. The summed E-state index contributed by atoms with van der Waals surface area (Å²) in [6.07, 6.45) is 3.23. The van der Waals surface area contributed by atoms with Gasteiger partial charge < -0.3 is 9.40 Å². The molecule has 0 aliphatic carbocycles. The summed E-state index contributed by atoms with van der Waals surface area (Å²) < 4.78 is 5.39. The molecule has 84 valence electrons. The molecule has 0 bridgehead atoms. The Morgan fingerprint density at radius 2 is 2.12 bits per heavy atom. The molecule has 16 heavy (non-hydrogen) atoms. The van der Waals surface area contributed by atoms with Gasteiger partial charge in [0.15, 0.2) is 0 Å². The van der Waals surface area contributed by atoms with Crippen LogP contribution in [0.15, 0.2) is 16.8 Å². The Bertz CT molecular complexity index is 512. The first-order chi connectivity index (χ1) is 7.59. The molecule has 0 atom stereocenters. The zero-order chi connectivity index (χ0) is 11.7. The quantitative estimate of drug-likeness (QED) is 0.813. The summed E-state index contributed by atoms with van der Waals surface area (Å²) in [7, 11) is 0. The number of imidazole rings is 1. The van der Waals surface area contributed by atoms with E-state index >= 15 is 0 Å². The van der Waals surface area contributed by atoms with Gasteiger partial charge in [-0.1, -0.05) is 0 Å². The van der Waals surface area contributed by atoms with Crippen LogP contribution in [0, 0.1) is 20.8 Å². The molecule has 2 rings (SSSR count). The first kappa shape index (κ1) is 10.5. The lowest BCUT2D eigenvalue weighted by Crippen LogP contribution is -2.14. The Morgan fingerprint density at radius 3 is 2.62 bits per heavy atom. The average Bonchev–Trinajstić information content (AvgIpc) is 2.77. The van der Waals surface area contributed by atoms with Crippen molar-refractivity contribution in [3.63, 3.8) is 0 Å². The van der Waals surface area contributed by atoms with E-state index in [1.165, 1.54) is 0 Å². The van der Waals surface area contributed by atoms with Crippen molar-refractivity contribution < 1.29 is 9.21 Å². The maximum Gasteiger partial charge on any atom is 0.261 e. The first-order valence-electron chi connectivity index (χ1n) is 4.97. The molecule has 0 aliphatic heterocycles. The minimum absolute atomic E-state index is 0.207. The van der Waals surface area contributed by atoms with Gasteiger partial charge in [-0.05, 0) is 20.8 Å². The predicted octanol–water partition coefficient (Wildman–Crippen LogP) is 2.18. The Balaban J connectivity index is 2.27. The Labute approximate surface area is 92.9 Å². The van der Waals surface area contributed by atoms with Crippen molar-refractivity contribution in [1.29, 1.82) is 0 Å². The number of aromatic nitrogens is 2. The van der Waals surface area contributed by atoms with E-state index in [0.717, 1.165) is 11.3 Å². The maximum atomic E-state index is 11.9. The third-order valence-electron chi connectivity index (χ3n) is 2.52. The summed E-state index contributed by atoms with van der Waals surface area (Å²) in [5.41, 5.74) is 1.44. The number of furan rings is 1. The van der Waals surface area contributed by atoms with Crippen molar-refractivity contribution in [2.45, 2.75) is 20.8 Å². The van der Waals surface area contributed by atoms with Gasteiger partial charge in [-0.25, -0.2) is 4.98 Å². The van der Waals surface area contributed by atoms with Crippen LogP contribution in [0.3, 0.4) is 0 Å². The molecule has 0 saturated heterocycles. The molecule has 5 nitrogen and oxygen atoms in total. The molecule has 5 heteroatoms. The van der Waals surface area contributed by atoms with E-state index in [4.69, 9.17) is 4.42 Å². The number of amides is 1. The molecule has 0 aromatic carbocycles. The minimum atomic E-state index is -0.207. The van der Waals surface area contributed by atoms with Crippen molar-refractivity contribution in [2.24, 2.45) is 0 Å². The van der Waals surface area contributed by atoms with Crippen LogP contribution in [0.2, 0.25) is 0 Å². The Hall–Kier alpha value is -2.04. The van der Waals surface area contributed by atoms with E-state index in [9.17, 15) is 4.79 Å².